The van der Waals surface area contributed by atoms with E-state index in [9.17, 15) is 14.4 Å². The van der Waals surface area contributed by atoms with Crippen molar-refractivity contribution in [2.24, 2.45) is 0 Å². The van der Waals surface area contributed by atoms with E-state index in [0.29, 0.717) is 19.3 Å². The summed E-state index contributed by atoms with van der Waals surface area (Å²) in [6, 6.07) is 0. The Morgan fingerprint density at radius 2 is 0.542 bits per heavy atom. The van der Waals surface area contributed by atoms with Gasteiger partial charge in [-0.2, -0.15) is 0 Å². The summed E-state index contributed by atoms with van der Waals surface area (Å²) in [5.41, 5.74) is 0. The first-order valence-corrected chi connectivity index (χ1v) is 29.5. The Kier molecular flexibility index (Phi) is 55.9. The van der Waals surface area contributed by atoms with E-state index in [4.69, 9.17) is 14.2 Å². The molecule has 0 heterocycles. The molecule has 1 atom stereocenters. The van der Waals surface area contributed by atoms with Crippen molar-refractivity contribution < 1.29 is 28.6 Å². The third-order valence-corrected chi connectivity index (χ3v) is 12.2. The van der Waals surface area contributed by atoms with Crippen molar-refractivity contribution in [3.05, 3.63) is 122 Å². The van der Waals surface area contributed by atoms with Gasteiger partial charge in [0.05, 0.1) is 0 Å². The SMILES string of the molecule is CC/C=C\C/C=C\C/C=C\C/C=C\C/C=C\C/C=C\C/C=C\C/C=C\C/C=C\C/C=C\CCCCCCC(=O)OCC(COC(=O)CCCCCCCCC)OC(=O)CCCCCCCCCCCCCC. The lowest BCUT2D eigenvalue weighted by Gasteiger charge is -2.18. The third kappa shape index (κ3) is 56.7. The minimum absolute atomic E-state index is 0.0850. The van der Waals surface area contributed by atoms with Gasteiger partial charge in [-0.3, -0.25) is 14.4 Å². The van der Waals surface area contributed by atoms with Crippen molar-refractivity contribution in [2.45, 2.75) is 264 Å². The van der Waals surface area contributed by atoms with Crippen LogP contribution in [-0.2, 0) is 28.6 Å². The van der Waals surface area contributed by atoms with Crippen LogP contribution >= 0.6 is 0 Å². The molecule has 0 aliphatic rings. The molecule has 1 unspecified atom stereocenters. The lowest BCUT2D eigenvalue weighted by molar-refractivity contribution is -0.167. The molecule has 0 fully saturated rings. The predicted molar refractivity (Wildman–Crippen MR) is 311 cm³/mol. The molecule has 72 heavy (non-hydrogen) atoms. The van der Waals surface area contributed by atoms with Crippen LogP contribution in [0.2, 0.25) is 0 Å². The second-order valence-corrected chi connectivity index (χ2v) is 19.2. The van der Waals surface area contributed by atoms with E-state index in [2.05, 4.69) is 142 Å². The fourth-order valence-corrected chi connectivity index (χ4v) is 7.82. The van der Waals surface area contributed by atoms with Gasteiger partial charge in [-0.15, -0.1) is 0 Å². The van der Waals surface area contributed by atoms with Crippen molar-refractivity contribution in [1.82, 2.24) is 0 Å². The fraction of sp³-hybridized carbons (Fsp3) is 0.652. The quantitative estimate of drug-likeness (QED) is 0.0261. The van der Waals surface area contributed by atoms with Crippen LogP contribution in [0.4, 0.5) is 0 Å². The highest BCUT2D eigenvalue weighted by Gasteiger charge is 2.19. The van der Waals surface area contributed by atoms with Crippen LogP contribution in [0, 0.1) is 0 Å². The summed E-state index contributed by atoms with van der Waals surface area (Å²) in [5, 5.41) is 0. The van der Waals surface area contributed by atoms with Gasteiger partial charge in [0.1, 0.15) is 13.2 Å². The van der Waals surface area contributed by atoms with Gasteiger partial charge in [0, 0.05) is 19.3 Å². The summed E-state index contributed by atoms with van der Waals surface area (Å²) in [5.74, 6) is -0.919. The number of hydrogen-bond acceptors (Lipinski definition) is 6. The highest BCUT2D eigenvalue weighted by atomic mass is 16.6. The van der Waals surface area contributed by atoms with Crippen molar-refractivity contribution in [1.29, 1.82) is 0 Å². The zero-order valence-electron chi connectivity index (χ0n) is 46.7. The summed E-state index contributed by atoms with van der Waals surface area (Å²) in [4.78, 5) is 37.8. The van der Waals surface area contributed by atoms with E-state index in [0.717, 1.165) is 135 Å². The molecule has 0 spiro atoms. The van der Waals surface area contributed by atoms with E-state index in [1.807, 2.05) is 0 Å². The Balaban J connectivity index is 4.16. The largest absolute Gasteiger partial charge is 0.462 e. The summed E-state index contributed by atoms with van der Waals surface area (Å²) in [6.07, 6.45) is 82.2. The minimum atomic E-state index is -0.784. The average molecular weight is 998 g/mol. The van der Waals surface area contributed by atoms with Gasteiger partial charge in [-0.1, -0.05) is 264 Å². The number of allylic oxidation sites excluding steroid dienone is 20. The van der Waals surface area contributed by atoms with Gasteiger partial charge in [-0.05, 0) is 96.3 Å². The number of esters is 3. The van der Waals surface area contributed by atoms with Crippen molar-refractivity contribution >= 4 is 17.9 Å². The number of carbonyl (C=O) groups is 3. The second kappa shape index (κ2) is 59.4. The molecule has 0 amide bonds. The molecule has 0 radical (unpaired) electrons. The molecule has 408 valence electrons. The Labute approximate surface area is 443 Å². The van der Waals surface area contributed by atoms with Crippen LogP contribution in [0.15, 0.2) is 122 Å². The monoisotopic (exact) mass is 997 g/mol. The Morgan fingerprint density at radius 1 is 0.292 bits per heavy atom. The zero-order valence-corrected chi connectivity index (χ0v) is 46.7. The molecule has 0 aliphatic heterocycles. The van der Waals surface area contributed by atoms with E-state index >= 15 is 0 Å². The topological polar surface area (TPSA) is 78.9 Å². The van der Waals surface area contributed by atoms with Crippen molar-refractivity contribution in [3.8, 4) is 0 Å². The van der Waals surface area contributed by atoms with Crippen LogP contribution in [-0.4, -0.2) is 37.2 Å². The Hall–Kier alpha value is -4.19. The summed E-state index contributed by atoms with van der Waals surface area (Å²) in [6.45, 7) is 6.45. The second-order valence-electron chi connectivity index (χ2n) is 19.2. The molecule has 6 heteroatoms. The van der Waals surface area contributed by atoms with Gasteiger partial charge < -0.3 is 14.2 Å². The number of carbonyl (C=O) groups excluding carboxylic acids is 3. The predicted octanol–water partition coefficient (Wildman–Crippen LogP) is 20.0. The van der Waals surface area contributed by atoms with Crippen LogP contribution in [0.3, 0.4) is 0 Å². The molecule has 6 nitrogen and oxygen atoms in total. The van der Waals surface area contributed by atoms with Crippen molar-refractivity contribution in [3.63, 3.8) is 0 Å². The lowest BCUT2D eigenvalue weighted by Crippen LogP contribution is -2.30. The van der Waals surface area contributed by atoms with Crippen LogP contribution < -0.4 is 0 Å². The molecule has 0 saturated heterocycles. The molecule has 0 saturated carbocycles. The summed E-state index contributed by atoms with van der Waals surface area (Å²) >= 11 is 0. The van der Waals surface area contributed by atoms with Gasteiger partial charge in [0.25, 0.3) is 0 Å². The normalized spacial score (nSPS) is 13.0. The molecule has 0 aromatic heterocycles. The first kappa shape index (κ1) is 67.8. The highest BCUT2D eigenvalue weighted by Crippen LogP contribution is 2.15. The maximum atomic E-state index is 12.8. The summed E-state index contributed by atoms with van der Waals surface area (Å²) in [7, 11) is 0. The smallest absolute Gasteiger partial charge is 0.306 e. The molecule has 0 aromatic carbocycles. The first-order valence-electron chi connectivity index (χ1n) is 29.5. The van der Waals surface area contributed by atoms with Gasteiger partial charge in [0.15, 0.2) is 6.10 Å². The molecular formula is C66H108O6. The molecular weight excluding hydrogens is 889 g/mol. The van der Waals surface area contributed by atoms with Crippen molar-refractivity contribution in [2.75, 3.05) is 13.2 Å². The Morgan fingerprint density at radius 3 is 0.847 bits per heavy atom. The third-order valence-electron chi connectivity index (χ3n) is 12.2. The number of ether oxygens (including phenoxy) is 3. The average Bonchev–Trinajstić information content (AvgIpc) is 3.38. The number of rotatable bonds is 52. The maximum absolute atomic E-state index is 12.8. The zero-order chi connectivity index (χ0) is 52.2. The molecule has 0 N–H and O–H groups in total. The van der Waals surface area contributed by atoms with Gasteiger partial charge >= 0.3 is 17.9 Å². The Bertz CT molecular complexity index is 1520. The van der Waals surface area contributed by atoms with Gasteiger partial charge in [0.2, 0.25) is 0 Å². The van der Waals surface area contributed by atoms with E-state index in [1.54, 1.807) is 0 Å². The van der Waals surface area contributed by atoms with E-state index < -0.39 is 6.10 Å². The molecule has 0 aromatic rings. The minimum Gasteiger partial charge on any atom is -0.462 e. The van der Waals surface area contributed by atoms with E-state index in [-0.39, 0.29) is 31.1 Å². The number of unbranched alkanes of at least 4 members (excludes halogenated alkanes) is 21. The standard InChI is InChI=1S/C66H108O6/c1-4-7-10-13-16-18-20-22-23-24-25-26-27-28-29-30-31-32-33-34-35-36-37-38-39-40-41-42-43-44-46-47-50-53-56-59-65(68)71-62-63(61-70-64(67)58-55-52-49-15-12-9-6-3)72-66(69)60-57-54-51-48-45-21-19-17-14-11-8-5-2/h7,10,16,18,22-23,25-26,28-29,31-32,34-35,37-38,40-41,43-44,63H,4-6,8-9,11-15,17,19-21,24,27,30,33,36,39,42,45-62H2,1-3H3/b10-7-,18-16-,23-22-,26-25-,29-28-,32-31-,35-34-,38-37-,41-40-,44-43-. The molecule has 0 aliphatic carbocycles. The number of hydrogen-bond donors (Lipinski definition) is 0. The van der Waals surface area contributed by atoms with Crippen LogP contribution in [0.5, 0.6) is 0 Å². The lowest BCUT2D eigenvalue weighted by atomic mass is 10.0. The maximum Gasteiger partial charge on any atom is 0.306 e. The van der Waals surface area contributed by atoms with E-state index in [1.165, 1.54) is 83.5 Å². The van der Waals surface area contributed by atoms with Gasteiger partial charge in [-0.25, -0.2) is 0 Å². The molecule has 0 rings (SSSR count). The van der Waals surface area contributed by atoms with Crippen LogP contribution in [0.1, 0.15) is 258 Å². The summed E-state index contributed by atoms with van der Waals surface area (Å²) < 4.78 is 16.7. The first-order chi connectivity index (χ1) is 35.5. The fourth-order valence-electron chi connectivity index (χ4n) is 7.82. The highest BCUT2D eigenvalue weighted by molar-refractivity contribution is 5.71. The van der Waals surface area contributed by atoms with Crippen LogP contribution in [0.25, 0.3) is 0 Å². The molecule has 0 bridgehead atoms.